The number of primary sulfonamides is 1. The molecular weight excluding hydrogens is 430 g/mol. The third-order valence-corrected chi connectivity index (χ3v) is 6.25. The van der Waals surface area contributed by atoms with Crippen LogP contribution in [0.4, 0.5) is 0 Å². The number of benzene rings is 3. The van der Waals surface area contributed by atoms with Crippen molar-refractivity contribution >= 4 is 10.0 Å². The number of nitrogens with two attached hydrogens (primary N) is 1. The van der Waals surface area contributed by atoms with Crippen molar-refractivity contribution in [3.63, 3.8) is 0 Å². The van der Waals surface area contributed by atoms with Gasteiger partial charge >= 0.3 is 0 Å². The molecular formula is C24H25NO6S. The van der Waals surface area contributed by atoms with Gasteiger partial charge in [-0.05, 0) is 41.8 Å². The Morgan fingerprint density at radius 1 is 0.938 bits per heavy atom. The fourth-order valence-corrected chi connectivity index (χ4v) is 4.76. The lowest BCUT2D eigenvalue weighted by Crippen LogP contribution is -2.18. The number of hydrogen-bond donors (Lipinski definition) is 1. The quantitative estimate of drug-likeness (QED) is 0.604. The van der Waals surface area contributed by atoms with Crippen LogP contribution in [0.3, 0.4) is 0 Å². The molecule has 7 nitrogen and oxygen atoms in total. The molecule has 0 saturated heterocycles. The zero-order valence-corrected chi connectivity index (χ0v) is 19.2. The number of sulfonamides is 1. The van der Waals surface area contributed by atoms with Crippen molar-refractivity contribution in [2.45, 2.75) is 18.8 Å². The van der Waals surface area contributed by atoms with Crippen molar-refractivity contribution in [3.05, 3.63) is 70.8 Å². The molecule has 8 heteroatoms. The lowest BCUT2D eigenvalue weighted by molar-refractivity contribution is 0.241. The Labute approximate surface area is 187 Å². The lowest BCUT2D eigenvalue weighted by atomic mass is 9.87. The van der Waals surface area contributed by atoms with Gasteiger partial charge in [0.15, 0.2) is 11.5 Å². The van der Waals surface area contributed by atoms with Crippen molar-refractivity contribution in [3.8, 4) is 34.1 Å². The summed E-state index contributed by atoms with van der Waals surface area (Å²) in [5, 5.41) is 5.29. The summed E-state index contributed by atoms with van der Waals surface area (Å²) in [4.78, 5) is 0. The van der Waals surface area contributed by atoms with Crippen molar-refractivity contribution in [2.24, 2.45) is 5.14 Å². The fourth-order valence-electron chi connectivity index (χ4n) is 4.12. The highest BCUT2D eigenvalue weighted by Crippen LogP contribution is 2.50. The minimum absolute atomic E-state index is 0.267. The summed E-state index contributed by atoms with van der Waals surface area (Å²) in [6.45, 7) is 1.97. The number of methoxy groups -OCH3 is 3. The van der Waals surface area contributed by atoms with E-state index in [4.69, 9.17) is 24.1 Å². The first kappa shape index (κ1) is 22.0. The first-order valence-electron chi connectivity index (χ1n) is 9.95. The van der Waals surface area contributed by atoms with Crippen LogP contribution in [-0.2, 0) is 15.8 Å². The first-order chi connectivity index (χ1) is 15.3. The van der Waals surface area contributed by atoms with E-state index >= 15 is 0 Å². The molecule has 1 aliphatic rings. The number of ether oxygens (including phenoxy) is 4. The van der Waals surface area contributed by atoms with Crippen LogP contribution in [0.5, 0.6) is 23.0 Å². The monoisotopic (exact) mass is 455 g/mol. The average molecular weight is 456 g/mol. The highest BCUT2D eigenvalue weighted by atomic mass is 32.2. The van der Waals surface area contributed by atoms with E-state index < -0.39 is 16.1 Å². The summed E-state index contributed by atoms with van der Waals surface area (Å²) in [6.07, 6.45) is -0.495. The van der Waals surface area contributed by atoms with Gasteiger partial charge in [0.25, 0.3) is 0 Å². The van der Waals surface area contributed by atoms with Gasteiger partial charge in [0, 0.05) is 11.1 Å². The number of fused-ring (bicyclic) bond motifs is 3. The summed E-state index contributed by atoms with van der Waals surface area (Å²) >= 11 is 0. The van der Waals surface area contributed by atoms with E-state index in [9.17, 15) is 8.42 Å². The Balaban J connectivity index is 1.94. The van der Waals surface area contributed by atoms with Crippen molar-refractivity contribution in [2.75, 3.05) is 21.3 Å². The van der Waals surface area contributed by atoms with E-state index in [-0.39, 0.29) is 5.75 Å². The van der Waals surface area contributed by atoms with Gasteiger partial charge in [-0.1, -0.05) is 30.3 Å². The molecule has 168 valence electrons. The van der Waals surface area contributed by atoms with Crippen LogP contribution in [0, 0.1) is 6.92 Å². The van der Waals surface area contributed by atoms with E-state index in [1.165, 1.54) is 0 Å². The van der Waals surface area contributed by atoms with Gasteiger partial charge in [0.1, 0.15) is 17.6 Å². The van der Waals surface area contributed by atoms with Gasteiger partial charge in [0.2, 0.25) is 10.0 Å². The Bertz CT molecular complexity index is 1290. The number of hydrogen-bond acceptors (Lipinski definition) is 6. The molecule has 0 radical (unpaired) electrons. The molecule has 1 unspecified atom stereocenters. The summed E-state index contributed by atoms with van der Waals surface area (Å²) in [5.41, 5.74) is 4.94. The lowest BCUT2D eigenvalue weighted by Gasteiger charge is -2.31. The summed E-state index contributed by atoms with van der Waals surface area (Å²) in [6, 6.07) is 14.9. The average Bonchev–Trinajstić information content (AvgIpc) is 2.76. The molecule has 32 heavy (non-hydrogen) atoms. The fraction of sp³-hybridized carbons (Fsp3) is 0.250. The molecule has 1 atom stereocenters. The third kappa shape index (κ3) is 3.99. The van der Waals surface area contributed by atoms with E-state index in [1.807, 2.05) is 49.4 Å². The smallest absolute Gasteiger partial charge is 0.213 e. The maximum atomic E-state index is 11.7. The topological polar surface area (TPSA) is 97.1 Å². The van der Waals surface area contributed by atoms with E-state index in [1.54, 1.807) is 27.4 Å². The van der Waals surface area contributed by atoms with Crippen LogP contribution in [0.1, 0.15) is 28.4 Å². The predicted molar refractivity (Wildman–Crippen MR) is 122 cm³/mol. The van der Waals surface area contributed by atoms with Gasteiger partial charge in [-0.3, -0.25) is 0 Å². The molecule has 1 heterocycles. The standard InChI is InChI=1S/C24H25NO6S/c1-14-5-9-20-22(23(14)30-4)17-8-6-15(13-32(25,26)27)11-18(17)24(31-20)16-7-10-19(28-2)21(12-16)29-3/h5-12,24H,13H2,1-4H3,(H2,25,26,27). The van der Waals surface area contributed by atoms with Crippen molar-refractivity contribution < 1.29 is 27.4 Å². The highest BCUT2D eigenvalue weighted by molar-refractivity contribution is 7.88. The molecule has 3 aromatic rings. The zero-order chi connectivity index (χ0) is 23.0. The van der Waals surface area contributed by atoms with Crippen LogP contribution in [0.25, 0.3) is 11.1 Å². The molecule has 0 aromatic heterocycles. The van der Waals surface area contributed by atoms with Gasteiger partial charge in [-0.25, -0.2) is 13.6 Å². The molecule has 0 aliphatic carbocycles. The molecule has 0 fully saturated rings. The van der Waals surface area contributed by atoms with Crippen molar-refractivity contribution in [1.29, 1.82) is 0 Å². The SMILES string of the molecule is COc1ccc(C2Oc3ccc(C)c(OC)c3-c3ccc(CS(N)(=O)=O)cc32)cc1OC. The van der Waals surface area contributed by atoms with E-state index in [2.05, 4.69) is 0 Å². The Morgan fingerprint density at radius 3 is 2.34 bits per heavy atom. The molecule has 1 aliphatic heterocycles. The van der Waals surface area contributed by atoms with Crippen LogP contribution >= 0.6 is 0 Å². The summed E-state index contributed by atoms with van der Waals surface area (Å²) in [5.74, 6) is 2.31. The second-order valence-electron chi connectivity index (χ2n) is 7.63. The highest BCUT2D eigenvalue weighted by Gasteiger charge is 2.31. The van der Waals surface area contributed by atoms with Gasteiger partial charge < -0.3 is 18.9 Å². The maximum Gasteiger partial charge on any atom is 0.213 e. The largest absolute Gasteiger partial charge is 0.496 e. The zero-order valence-electron chi connectivity index (χ0n) is 18.3. The van der Waals surface area contributed by atoms with Gasteiger partial charge in [0.05, 0.1) is 32.6 Å². The van der Waals surface area contributed by atoms with Crippen LogP contribution in [-0.4, -0.2) is 29.7 Å². The molecule has 0 amide bonds. The van der Waals surface area contributed by atoms with Crippen LogP contribution in [0.2, 0.25) is 0 Å². The second-order valence-corrected chi connectivity index (χ2v) is 9.24. The minimum Gasteiger partial charge on any atom is -0.496 e. The van der Waals surface area contributed by atoms with Gasteiger partial charge in [-0.15, -0.1) is 0 Å². The molecule has 4 rings (SSSR count). The molecule has 0 spiro atoms. The van der Waals surface area contributed by atoms with Gasteiger partial charge in [-0.2, -0.15) is 0 Å². The van der Waals surface area contributed by atoms with Crippen LogP contribution < -0.4 is 24.1 Å². The molecule has 2 N–H and O–H groups in total. The Hall–Kier alpha value is -3.23. The number of aryl methyl sites for hydroxylation is 1. The van der Waals surface area contributed by atoms with Crippen LogP contribution in [0.15, 0.2) is 48.5 Å². The first-order valence-corrected chi connectivity index (χ1v) is 11.7. The van der Waals surface area contributed by atoms with Crippen molar-refractivity contribution in [1.82, 2.24) is 0 Å². The Kier molecular flexibility index (Phi) is 5.75. The minimum atomic E-state index is -3.69. The molecule has 0 bridgehead atoms. The third-order valence-electron chi connectivity index (χ3n) is 5.51. The number of rotatable bonds is 6. The molecule has 3 aromatic carbocycles. The summed E-state index contributed by atoms with van der Waals surface area (Å²) < 4.78 is 46.4. The normalized spacial score (nSPS) is 14.7. The van der Waals surface area contributed by atoms with E-state index in [0.29, 0.717) is 28.6 Å². The summed E-state index contributed by atoms with van der Waals surface area (Å²) in [7, 11) is 1.09. The maximum absolute atomic E-state index is 11.7. The second kappa shape index (κ2) is 8.37. The molecule has 0 saturated carbocycles. The van der Waals surface area contributed by atoms with E-state index in [0.717, 1.165) is 27.8 Å². The Morgan fingerprint density at radius 2 is 1.69 bits per heavy atom. The predicted octanol–water partition coefficient (Wildman–Crippen LogP) is 3.96.